The van der Waals surface area contributed by atoms with Gasteiger partial charge in [-0.2, -0.15) is 0 Å². The minimum absolute atomic E-state index is 0.399. The molecule has 5 atom stereocenters. The summed E-state index contributed by atoms with van der Waals surface area (Å²) in [5, 5.41) is 41.4. The molecule has 5 N–H and O–H groups in total. The molecule has 23 heavy (non-hydrogen) atoms. The third-order valence-electron chi connectivity index (χ3n) is 3.79. The monoisotopic (exact) mass is 327 g/mol. The average molecular weight is 327 g/mol. The van der Waals surface area contributed by atoms with Crippen LogP contribution in [-0.4, -0.2) is 64.1 Å². The van der Waals surface area contributed by atoms with Gasteiger partial charge in [-0.1, -0.05) is 13.0 Å². The first-order chi connectivity index (χ1) is 10.9. The SMILES string of the molecule is CCc1ccc(NC)cc1O[C@@H]1O[C@H](C(=O)O)[C@@H](O)[C@H](O)[C@H]1O. The van der Waals surface area contributed by atoms with Crippen molar-refractivity contribution in [3.63, 3.8) is 0 Å². The molecule has 1 aromatic rings. The van der Waals surface area contributed by atoms with Gasteiger partial charge in [-0.25, -0.2) is 4.79 Å². The standard InChI is InChI=1S/C15H21NO7/c1-3-7-4-5-8(16-2)6-9(7)22-15-12(19)10(17)11(18)13(23-15)14(20)21/h4-6,10-13,15-19H,3H2,1-2H3,(H,20,21)/t10-,11-,12+,13-,15+/m0/s1. The zero-order valence-electron chi connectivity index (χ0n) is 12.8. The molecule has 1 aliphatic heterocycles. The van der Waals surface area contributed by atoms with Crippen molar-refractivity contribution in [3.8, 4) is 5.75 Å². The van der Waals surface area contributed by atoms with Crippen LogP contribution in [0.15, 0.2) is 18.2 Å². The summed E-state index contributed by atoms with van der Waals surface area (Å²) in [5.41, 5.74) is 1.59. The molecule has 2 rings (SSSR count). The van der Waals surface area contributed by atoms with Gasteiger partial charge in [-0.15, -0.1) is 0 Å². The predicted molar refractivity (Wildman–Crippen MR) is 80.3 cm³/mol. The fourth-order valence-corrected chi connectivity index (χ4v) is 2.39. The third-order valence-corrected chi connectivity index (χ3v) is 3.79. The molecular weight excluding hydrogens is 306 g/mol. The highest BCUT2D eigenvalue weighted by atomic mass is 16.7. The second kappa shape index (κ2) is 7.14. The van der Waals surface area contributed by atoms with Crippen LogP contribution in [0.4, 0.5) is 5.69 Å². The second-order valence-electron chi connectivity index (χ2n) is 5.28. The van der Waals surface area contributed by atoms with Gasteiger partial charge in [0.15, 0.2) is 6.10 Å². The Morgan fingerprint density at radius 1 is 1.26 bits per heavy atom. The Hall–Kier alpha value is -1.87. The molecule has 0 amide bonds. The van der Waals surface area contributed by atoms with Gasteiger partial charge in [-0.05, 0) is 18.1 Å². The van der Waals surface area contributed by atoms with Crippen molar-refractivity contribution in [2.45, 2.75) is 44.1 Å². The normalized spacial score (nSPS) is 30.7. The van der Waals surface area contributed by atoms with E-state index in [-0.39, 0.29) is 0 Å². The van der Waals surface area contributed by atoms with Gasteiger partial charge < -0.3 is 35.2 Å². The first-order valence-corrected chi connectivity index (χ1v) is 7.28. The van der Waals surface area contributed by atoms with E-state index in [9.17, 15) is 20.1 Å². The summed E-state index contributed by atoms with van der Waals surface area (Å²) in [7, 11) is 1.73. The smallest absolute Gasteiger partial charge is 0.335 e. The van der Waals surface area contributed by atoms with Crippen LogP contribution in [0.3, 0.4) is 0 Å². The van der Waals surface area contributed by atoms with E-state index in [2.05, 4.69) is 5.32 Å². The van der Waals surface area contributed by atoms with Crippen LogP contribution in [0.1, 0.15) is 12.5 Å². The lowest BCUT2D eigenvalue weighted by atomic mass is 9.99. The Morgan fingerprint density at radius 2 is 1.96 bits per heavy atom. The Bertz CT molecular complexity index is 565. The fraction of sp³-hybridized carbons (Fsp3) is 0.533. The molecule has 0 saturated carbocycles. The molecule has 0 aromatic heterocycles. The number of rotatable bonds is 5. The zero-order valence-corrected chi connectivity index (χ0v) is 12.8. The number of hydrogen-bond acceptors (Lipinski definition) is 7. The first kappa shape index (κ1) is 17.5. The van der Waals surface area contributed by atoms with Crippen molar-refractivity contribution in [2.24, 2.45) is 0 Å². The Kier molecular flexibility index (Phi) is 5.42. The maximum atomic E-state index is 11.1. The summed E-state index contributed by atoms with van der Waals surface area (Å²) in [6, 6.07) is 5.36. The molecule has 0 unspecified atom stereocenters. The van der Waals surface area contributed by atoms with Crippen LogP contribution in [0.25, 0.3) is 0 Å². The van der Waals surface area contributed by atoms with Gasteiger partial charge >= 0.3 is 5.97 Å². The highest BCUT2D eigenvalue weighted by Gasteiger charge is 2.48. The molecular formula is C15H21NO7. The summed E-state index contributed by atoms with van der Waals surface area (Å²) < 4.78 is 10.7. The number of carbonyl (C=O) groups is 1. The van der Waals surface area contributed by atoms with Crippen LogP contribution in [0.2, 0.25) is 0 Å². The van der Waals surface area contributed by atoms with Crippen LogP contribution in [0.5, 0.6) is 5.75 Å². The highest BCUT2D eigenvalue weighted by molar-refractivity contribution is 5.73. The number of ether oxygens (including phenoxy) is 2. The number of aliphatic hydroxyl groups excluding tert-OH is 3. The number of anilines is 1. The number of nitrogens with one attached hydrogen (secondary N) is 1. The van der Waals surface area contributed by atoms with Gasteiger partial charge in [0.05, 0.1) is 0 Å². The summed E-state index contributed by atoms with van der Waals surface area (Å²) in [6.45, 7) is 1.91. The van der Waals surface area contributed by atoms with Crippen LogP contribution in [0, 0.1) is 0 Å². The number of carboxylic acids is 1. The largest absolute Gasteiger partial charge is 0.479 e. The van der Waals surface area contributed by atoms with E-state index in [0.29, 0.717) is 12.2 Å². The van der Waals surface area contributed by atoms with E-state index in [0.717, 1.165) is 11.3 Å². The number of aliphatic carboxylic acids is 1. The molecule has 128 valence electrons. The van der Waals surface area contributed by atoms with E-state index in [4.69, 9.17) is 14.6 Å². The molecule has 8 nitrogen and oxygen atoms in total. The quantitative estimate of drug-likeness (QED) is 0.492. The molecule has 0 aliphatic carbocycles. The van der Waals surface area contributed by atoms with Gasteiger partial charge in [0.1, 0.15) is 24.1 Å². The lowest BCUT2D eigenvalue weighted by Gasteiger charge is -2.38. The molecule has 1 saturated heterocycles. The lowest BCUT2D eigenvalue weighted by Crippen LogP contribution is -2.61. The Balaban J connectivity index is 2.25. The first-order valence-electron chi connectivity index (χ1n) is 7.28. The predicted octanol–water partition coefficient (Wildman–Crippen LogP) is -0.438. The number of hydrogen-bond donors (Lipinski definition) is 5. The molecule has 1 aliphatic rings. The molecule has 0 spiro atoms. The molecule has 0 radical (unpaired) electrons. The highest BCUT2D eigenvalue weighted by Crippen LogP contribution is 2.29. The van der Waals surface area contributed by atoms with Gasteiger partial charge in [0, 0.05) is 18.8 Å². The van der Waals surface area contributed by atoms with Gasteiger partial charge in [0.25, 0.3) is 0 Å². The number of carboxylic acid groups (broad SMARTS) is 1. The number of aliphatic hydroxyl groups is 3. The molecule has 8 heteroatoms. The molecule has 0 bridgehead atoms. The lowest BCUT2D eigenvalue weighted by molar-refractivity contribution is -0.271. The van der Waals surface area contributed by atoms with Crippen LogP contribution in [-0.2, 0) is 16.0 Å². The van der Waals surface area contributed by atoms with Crippen LogP contribution >= 0.6 is 0 Å². The Morgan fingerprint density at radius 3 is 2.52 bits per heavy atom. The van der Waals surface area contributed by atoms with E-state index >= 15 is 0 Å². The molecule has 1 aromatic carbocycles. The van der Waals surface area contributed by atoms with Crippen molar-refractivity contribution >= 4 is 11.7 Å². The second-order valence-corrected chi connectivity index (χ2v) is 5.28. The summed E-state index contributed by atoms with van der Waals surface area (Å²) in [4.78, 5) is 11.1. The minimum Gasteiger partial charge on any atom is -0.479 e. The van der Waals surface area contributed by atoms with E-state index in [1.807, 2.05) is 19.1 Å². The maximum absolute atomic E-state index is 11.1. The number of aryl methyl sites for hydroxylation is 1. The van der Waals surface area contributed by atoms with Crippen molar-refractivity contribution in [2.75, 3.05) is 12.4 Å². The van der Waals surface area contributed by atoms with Crippen molar-refractivity contribution in [3.05, 3.63) is 23.8 Å². The summed E-state index contributed by atoms with van der Waals surface area (Å²) >= 11 is 0. The topological polar surface area (TPSA) is 128 Å². The third kappa shape index (κ3) is 3.56. The van der Waals surface area contributed by atoms with Gasteiger partial charge in [-0.3, -0.25) is 0 Å². The summed E-state index contributed by atoms with van der Waals surface area (Å²) in [5.74, 6) is -1.05. The molecule has 1 heterocycles. The van der Waals surface area contributed by atoms with E-state index in [1.54, 1.807) is 13.1 Å². The van der Waals surface area contributed by atoms with Crippen LogP contribution < -0.4 is 10.1 Å². The van der Waals surface area contributed by atoms with Gasteiger partial charge in [0.2, 0.25) is 6.29 Å². The van der Waals surface area contributed by atoms with Crippen molar-refractivity contribution in [1.29, 1.82) is 0 Å². The van der Waals surface area contributed by atoms with E-state index < -0.39 is 36.7 Å². The van der Waals surface area contributed by atoms with Crippen molar-refractivity contribution in [1.82, 2.24) is 0 Å². The summed E-state index contributed by atoms with van der Waals surface area (Å²) in [6.07, 6.45) is -7.45. The zero-order chi connectivity index (χ0) is 17.1. The molecule has 1 fully saturated rings. The number of benzene rings is 1. The van der Waals surface area contributed by atoms with Crippen molar-refractivity contribution < 1.29 is 34.7 Å². The Labute approximate surface area is 133 Å². The minimum atomic E-state index is -1.74. The average Bonchev–Trinajstić information content (AvgIpc) is 2.54. The fourth-order valence-electron chi connectivity index (χ4n) is 2.39. The maximum Gasteiger partial charge on any atom is 0.335 e. The van der Waals surface area contributed by atoms with E-state index in [1.165, 1.54) is 0 Å².